The van der Waals surface area contributed by atoms with Gasteiger partial charge in [-0.15, -0.1) is 0 Å². The number of aromatic nitrogens is 1. The maximum atomic E-state index is 16.0. The molecule has 3 aromatic carbocycles. The number of fused-ring (bicyclic) bond motifs is 1. The van der Waals surface area contributed by atoms with Crippen LogP contribution >= 0.6 is 15.9 Å². The Kier molecular flexibility index (Phi) is 10.5. The van der Waals surface area contributed by atoms with Crippen LogP contribution in [-0.4, -0.2) is 54.0 Å². The third-order valence-corrected chi connectivity index (χ3v) is 9.86. The number of nitrogens with one attached hydrogen (secondary N) is 2. The fourth-order valence-electron chi connectivity index (χ4n) is 6.50. The van der Waals surface area contributed by atoms with Crippen LogP contribution < -0.4 is 19.7 Å². The van der Waals surface area contributed by atoms with Gasteiger partial charge in [-0.2, -0.15) is 0 Å². The van der Waals surface area contributed by atoms with E-state index in [4.69, 9.17) is 9.47 Å². The molecule has 2 aliphatic rings. The second-order valence-corrected chi connectivity index (χ2v) is 14.0. The van der Waals surface area contributed by atoms with Gasteiger partial charge in [0, 0.05) is 49.2 Å². The summed E-state index contributed by atoms with van der Waals surface area (Å²) >= 11 is 3.68. The molecule has 258 valence electrons. The predicted octanol–water partition coefficient (Wildman–Crippen LogP) is 9.42. The Balaban J connectivity index is 1.31. The van der Waals surface area contributed by atoms with E-state index in [1.54, 1.807) is 25.1 Å². The Morgan fingerprint density at radius 3 is 2.47 bits per heavy atom. The lowest BCUT2D eigenvalue weighted by Gasteiger charge is -2.34. The molecule has 2 aliphatic heterocycles. The van der Waals surface area contributed by atoms with Gasteiger partial charge >= 0.3 is 0 Å². The number of hydrogen-bond donors (Lipinski definition) is 2. The van der Waals surface area contributed by atoms with Crippen molar-refractivity contribution in [2.75, 3.05) is 31.1 Å². The van der Waals surface area contributed by atoms with E-state index < -0.39 is 11.6 Å². The molecule has 49 heavy (non-hydrogen) atoms. The highest BCUT2D eigenvalue weighted by atomic mass is 79.9. The molecule has 7 nitrogen and oxygen atoms in total. The molecule has 10 heteroatoms. The number of nitrogens with zero attached hydrogens (tertiary/aromatic N) is 2. The highest BCUT2D eigenvalue weighted by molar-refractivity contribution is 9.10. The standard InChI is InChI=1S/C39H43BrF2N4O3/c1-6-43-39-28(17-24(4)11-16-46(39)34-18-25(5)36(22-31(34)42)49-35-10-8-7-9-30(35)41)38(47)33-19-26-20-37(29(40)21-32(26)44-33)48-27-12-14-45(15-13-27)23(2)3/h7-10,17-23,27,43-44H,6,11-16H2,1-5H3. The lowest BCUT2D eigenvalue weighted by molar-refractivity contribution is 0.0839. The van der Waals surface area contributed by atoms with Crippen molar-refractivity contribution >= 4 is 38.3 Å². The molecule has 0 bridgehead atoms. The maximum Gasteiger partial charge on any atom is 0.212 e. The normalized spacial score (nSPS) is 16.3. The lowest BCUT2D eigenvalue weighted by Crippen LogP contribution is -2.41. The minimum absolute atomic E-state index is 0.0180. The quantitative estimate of drug-likeness (QED) is 0.158. The molecule has 1 aromatic heterocycles. The van der Waals surface area contributed by atoms with Crippen molar-refractivity contribution in [1.29, 1.82) is 0 Å². The molecule has 0 radical (unpaired) electrons. The van der Waals surface area contributed by atoms with Gasteiger partial charge < -0.3 is 29.6 Å². The summed E-state index contributed by atoms with van der Waals surface area (Å²) in [5.74, 6) is 0.217. The summed E-state index contributed by atoms with van der Waals surface area (Å²) in [7, 11) is 0. The topological polar surface area (TPSA) is 69.8 Å². The van der Waals surface area contributed by atoms with Gasteiger partial charge in [0.05, 0.1) is 21.4 Å². The Bertz CT molecular complexity index is 1930. The smallest absolute Gasteiger partial charge is 0.212 e. The monoisotopic (exact) mass is 732 g/mol. The second kappa shape index (κ2) is 14.8. The van der Waals surface area contributed by atoms with Crippen molar-refractivity contribution in [1.82, 2.24) is 15.2 Å². The van der Waals surface area contributed by atoms with Gasteiger partial charge in [-0.05, 0) is 118 Å². The third-order valence-electron chi connectivity index (χ3n) is 9.24. The van der Waals surface area contributed by atoms with E-state index in [1.807, 2.05) is 43.0 Å². The molecule has 1 fully saturated rings. The van der Waals surface area contributed by atoms with E-state index in [1.165, 1.54) is 18.2 Å². The molecule has 4 aromatic rings. The number of likely N-dealkylation sites (tertiary alicyclic amines) is 1. The number of aromatic amines is 1. The van der Waals surface area contributed by atoms with E-state index in [9.17, 15) is 9.18 Å². The molecule has 0 atom stereocenters. The highest BCUT2D eigenvalue weighted by Gasteiger charge is 2.28. The number of benzene rings is 3. The Morgan fingerprint density at radius 1 is 1.00 bits per heavy atom. The van der Waals surface area contributed by atoms with Crippen molar-refractivity contribution in [3.63, 3.8) is 0 Å². The maximum absolute atomic E-state index is 16.0. The van der Waals surface area contributed by atoms with Crippen molar-refractivity contribution in [2.45, 2.75) is 66.0 Å². The number of rotatable bonds is 10. The van der Waals surface area contributed by atoms with Crippen molar-refractivity contribution < 1.29 is 23.0 Å². The first-order chi connectivity index (χ1) is 23.5. The fourth-order valence-corrected chi connectivity index (χ4v) is 6.93. The van der Waals surface area contributed by atoms with E-state index in [0.717, 1.165) is 52.6 Å². The Hall–Kier alpha value is -4.15. The largest absolute Gasteiger partial charge is 0.489 e. The average Bonchev–Trinajstić information content (AvgIpc) is 3.41. The van der Waals surface area contributed by atoms with Crippen LogP contribution in [0.5, 0.6) is 17.2 Å². The molecule has 3 heterocycles. The van der Waals surface area contributed by atoms with Crippen molar-refractivity contribution in [3.8, 4) is 17.2 Å². The number of aryl methyl sites for hydroxylation is 1. The molecule has 0 amide bonds. The minimum atomic E-state index is -0.545. The SMILES string of the molecule is CCNC1=C(C(=O)c2cc3cc(OC4CCN(C(C)C)CC4)c(Br)cc3[nH]2)C=C(C)CCN1c1cc(C)c(Oc2ccccc2F)cc1F. The summed E-state index contributed by atoms with van der Waals surface area (Å²) in [4.78, 5) is 21.9. The van der Waals surface area contributed by atoms with E-state index >= 15 is 4.39 Å². The summed E-state index contributed by atoms with van der Waals surface area (Å²) < 4.78 is 43.3. The van der Waals surface area contributed by atoms with Crippen LogP contribution in [0, 0.1) is 18.6 Å². The minimum Gasteiger partial charge on any atom is -0.489 e. The predicted molar refractivity (Wildman–Crippen MR) is 195 cm³/mol. The molecular formula is C39H43BrF2N4O3. The number of anilines is 1. The number of halogens is 3. The van der Waals surface area contributed by atoms with Gasteiger partial charge in [0.25, 0.3) is 0 Å². The van der Waals surface area contributed by atoms with Crippen LogP contribution in [0.15, 0.2) is 82.1 Å². The number of H-pyrrole nitrogens is 1. The summed E-state index contributed by atoms with van der Waals surface area (Å²) in [6, 6.07) is 15.3. The zero-order valence-corrected chi connectivity index (χ0v) is 30.2. The molecule has 0 spiro atoms. The lowest BCUT2D eigenvalue weighted by atomic mass is 10.0. The molecule has 1 saturated heterocycles. The summed E-state index contributed by atoms with van der Waals surface area (Å²) in [5.41, 5.74) is 3.58. The van der Waals surface area contributed by atoms with Crippen LogP contribution in [0.25, 0.3) is 10.9 Å². The van der Waals surface area contributed by atoms with Crippen LogP contribution in [0.1, 0.15) is 63.0 Å². The van der Waals surface area contributed by atoms with Crippen molar-refractivity contribution in [3.05, 3.63) is 105 Å². The fraction of sp³-hybridized carbons (Fsp3) is 0.359. The molecule has 6 rings (SSSR count). The van der Waals surface area contributed by atoms with E-state index in [-0.39, 0.29) is 23.4 Å². The average molecular weight is 734 g/mol. The van der Waals surface area contributed by atoms with Crippen LogP contribution in [0.4, 0.5) is 14.5 Å². The first-order valence-electron chi connectivity index (χ1n) is 17.0. The van der Waals surface area contributed by atoms with E-state index in [2.05, 4.69) is 45.0 Å². The molecular weight excluding hydrogens is 690 g/mol. The second-order valence-electron chi connectivity index (χ2n) is 13.1. The first-order valence-corrected chi connectivity index (χ1v) is 17.7. The van der Waals surface area contributed by atoms with Crippen LogP contribution in [0.2, 0.25) is 0 Å². The zero-order chi connectivity index (χ0) is 34.8. The van der Waals surface area contributed by atoms with Gasteiger partial charge in [0.1, 0.15) is 23.4 Å². The van der Waals surface area contributed by atoms with Gasteiger partial charge in [-0.25, -0.2) is 8.78 Å². The number of piperidine rings is 1. The Morgan fingerprint density at radius 2 is 1.76 bits per heavy atom. The van der Waals surface area contributed by atoms with E-state index in [0.29, 0.717) is 53.9 Å². The first kappa shape index (κ1) is 34.7. The third kappa shape index (κ3) is 7.55. The zero-order valence-electron chi connectivity index (χ0n) is 28.6. The van der Waals surface area contributed by atoms with Gasteiger partial charge in [-0.1, -0.05) is 17.7 Å². The Labute approximate surface area is 295 Å². The molecule has 0 unspecified atom stereocenters. The number of carbonyl (C=O) groups is 1. The van der Waals surface area contributed by atoms with Crippen molar-refractivity contribution in [2.24, 2.45) is 0 Å². The molecule has 0 saturated carbocycles. The van der Waals surface area contributed by atoms with Gasteiger partial charge in [0.15, 0.2) is 17.4 Å². The van der Waals surface area contributed by atoms with Gasteiger partial charge in [-0.3, -0.25) is 4.79 Å². The summed E-state index contributed by atoms with van der Waals surface area (Å²) in [5, 5.41) is 4.22. The van der Waals surface area contributed by atoms with Crippen LogP contribution in [0.3, 0.4) is 0 Å². The number of Topliss-reactive ketones (excluding diaryl/α,β-unsaturated/α-hetero) is 1. The number of hydrogen-bond acceptors (Lipinski definition) is 6. The summed E-state index contributed by atoms with van der Waals surface area (Å²) in [6.07, 6.45) is 4.56. The number of allylic oxidation sites excluding steroid dienone is 2. The highest BCUT2D eigenvalue weighted by Crippen LogP contribution is 2.37. The van der Waals surface area contributed by atoms with Crippen LogP contribution in [-0.2, 0) is 0 Å². The molecule has 0 aliphatic carbocycles. The number of ether oxygens (including phenoxy) is 2. The number of carbonyl (C=O) groups excluding carboxylic acids is 1. The van der Waals surface area contributed by atoms with Gasteiger partial charge in [0.2, 0.25) is 5.78 Å². The summed E-state index contributed by atoms with van der Waals surface area (Å²) in [6.45, 7) is 13.1. The molecule has 2 N–H and O–H groups in total. The number of ketones is 1. The number of para-hydroxylation sites is 1.